The minimum atomic E-state index is -0.160. The van der Waals surface area contributed by atoms with E-state index in [2.05, 4.69) is 20.8 Å². The Bertz CT molecular complexity index is 869. The Balaban J connectivity index is 1.67. The molecule has 2 heterocycles. The second-order valence-electron chi connectivity index (χ2n) is 5.63. The van der Waals surface area contributed by atoms with Crippen LogP contribution < -0.4 is 10.6 Å². The number of carbonyl (C=O) groups excluding carboxylic acids is 1. The van der Waals surface area contributed by atoms with Crippen LogP contribution in [0.4, 0.5) is 17.3 Å². The van der Waals surface area contributed by atoms with Gasteiger partial charge in [-0.3, -0.25) is 4.79 Å². The predicted octanol–water partition coefficient (Wildman–Crippen LogP) is 3.99. The number of nitrogens with zero attached hydrogens (tertiary/aromatic N) is 2. The minimum Gasteiger partial charge on any atom is -0.360 e. The summed E-state index contributed by atoms with van der Waals surface area (Å²) in [5, 5.41) is 9.70. The molecule has 0 atom stereocenters. The number of hydrogen-bond donors (Lipinski definition) is 2. The monoisotopic (exact) mass is 322 g/mol. The Morgan fingerprint density at radius 2 is 1.83 bits per heavy atom. The zero-order chi connectivity index (χ0) is 17.1. The maximum atomic E-state index is 12.3. The lowest BCUT2D eigenvalue weighted by Crippen LogP contribution is -2.12. The molecule has 2 N–H and O–H groups in total. The number of rotatable bonds is 4. The highest BCUT2D eigenvalue weighted by Crippen LogP contribution is 2.17. The van der Waals surface area contributed by atoms with Gasteiger partial charge >= 0.3 is 0 Å². The highest BCUT2D eigenvalue weighted by atomic mass is 16.5. The highest BCUT2D eigenvalue weighted by molar-refractivity contribution is 6.04. The average molecular weight is 322 g/mol. The van der Waals surface area contributed by atoms with Crippen LogP contribution in [0.3, 0.4) is 0 Å². The molecule has 0 unspecified atom stereocenters. The van der Waals surface area contributed by atoms with Crippen molar-refractivity contribution in [3.63, 3.8) is 0 Å². The number of carbonyl (C=O) groups is 1. The standard InChI is InChI=1S/C18H18N4O2/c1-11-4-5-14(8-12(11)2)18(23)20-15-6-7-16(19-10-15)21-17-9-13(3)24-22-17/h4-10H,1-3H3,(H,20,23)(H,19,21,22). The molecular weight excluding hydrogens is 304 g/mol. The van der Waals surface area contributed by atoms with E-state index in [-0.39, 0.29) is 5.91 Å². The fraction of sp³-hybridized carbons (Fsp3) is 0.167. The van der Waals surface area contributed by atoms with E-state index in [0.29, 0.717) is 22.9 Å². The molecule has 6 nitrogen and oxygen atoms in total. The first kappa shape index (κ1) is 15.7. The van der Waals surface area contributed by atoms with Gasteiger partial charge in [0.15, 0.2) is 5.82 Å². The summed E-state index contributed by atoms with van der Waals surface area (Å²) in [7, 11) is 0. The predicted molar refractivity (Wildman–Crippen MR) is 92.6 cm³/mol. The second-order valence-corrected chi connectivity index (χ2v) is 5.63. The molecule has 0 aliphatic carbocycles. The second kappa shape index (κ2) is 6.54. The molecular formula is C18H18N4O2. The van der Waals surface area contributed by atoms with E-state index < -0.39 is 0 Å². The number of hydrogen-bond acceptors (Lipinski definition) is 5. The lowest BCUT2D eigenvalue weighted by Gasteiger charge is -2.08. The third-order valence-electron chi connectivity index (χ3n) is 3.67. The van der Waals surface area contributed by atoms with Gasteiger partial charge in [-0.15, -0.1) is 0 Å². The third kappa shape index (κ3) is 3.60. The number of pyridine rings is 1. The largest absolute Gasteiger partial charge is 0.360 e. The zero-order valence-electron chi connectivity index (χ0n) is 13.8. The van der Waals surface area contributed by atoms with Crippen LogP contribution in [-0.2, 0) is 0 Å². The van der Waals surface area contributed by atoms with Crippen molar-refractivity contribution in [2.45, 2.75) is 20.8 Å². The van der Waals surface area contributed by atoms with Crippen LogP contribution in [0.15, 0.2) is 47.1 Å². The number of anilines is 3. The van der Waals surface area contributed by atoms with E-state index in [1.165, 1.54) is 0 Å². The number of nitrogens with one attached hydrogen (secondary N) is 2. The van der Waals surface area contributed by atoms with Gasteiger partial charge in [-0.25, -0.2) is 4.98 Å². The quantitative estimate of drug-likeness (QED) is 0.759. The van der Waals surface area contributed by atoms with E-state index in [0.717, 1.165) is 16.9 Å². The van der Waals surface area contributed by atoms with Crippen LogP contribution in [0.1, 0.15) is 27.2 Å². The molecule has 0 radical (unpaired) electrons. The molecule has 2 aromatic heterocycles. The molecule has 0 fully saturated rings. The third-order valence-corrected chi connectivity index (χ3v) is 3.67. The molecule has 0 aliphatic rings. The van der Waals surface area contributed by atoms with Crippen molar-refractivity contribution in [3.05, 3.63) is 65.0 Å². The van der Waals surface area contributed by atoms with Crippen LogP contribution in [-0.4, -0.2) is 16.0 Å². The van der Waals surface area contributed by atoms with Gasteiger partial charge in [0.2, 0.25) is 0 Å². The van der Waals surface area contributed by atoms with E-state index in [4.69, 9.17) is 4.52 Å². The first-order chi connectivity index (χ1) is 11.5. The lowest BCUT2D eigenvalue weighted by molar-refractivity contribution is 0.102. The Hall–Kier alpha value is -3.15. The fourth-order valence-electron chi connectivity index (χ4n) is 2.18. The molecule has 0 spiro atoms. The van der Waals surface area contributed by atoms with Gasteiger partial charge in [-0.1, -0.05) is 11.2 Å². The van der Waals surface area contributed by atoms with Gasteiger partial charge in [0.25, 0.3) is 5.91 Å². The van der Waals surface area contributed by atoms with Crippen molar-refractivity contribution in [2.75, 3.05) is 10.6 Å². The number of aromatic nitrogens is 2. The van der Waals surface area contributed by atoms with Gasteiger partial charge in [0.1, 0.15) is 11.6 Å². The van der Waals surface area contributed by atoms with E-state index in [9.17, 15) is 4.79 Å². The van der Waals surface area contributed by atoms with Gasteiger partial charge in [-0.05, 0) is 56.2 Å². The molecule has 1 aromatic carbocycles. The molecule has 3 aromatic rings. The molecule has 0 saturated heterocycles. The molecule has 6 heteroatoms. The Morgan fingerprint density at radius 1 is 1.00 bits per heavy atom. The maximum Gasteiger partial charge on any atom is 0.255 e. The highest BCUT2D eigenvalue weighted by Gasteiger charge is 2.08. The Morgan fingerprint density at radius 3 is 2.46 bits per heavy atom. The summed E-state index contributed by atoms with van der Waals surface area (Å²) >= 11 is 0. The summed E-state index contributed by atoms with van der Waals surface area (Å²) in [6.07, 6.45) is 1.59. The summed E-state index contributed by atoms with van der Waals surface area (Å²) in [5.74, 6) is 1.77. The molecule has 1 amide bonds. The van der Waals surface area contributed by atoms with Crippen molar-refractivity contribution >= 4 is 23.2 Å². The van der Waals surface area contributed by atoms with Crippen molar-refractivity contribution in [1.82, 2.24) is 10.1 Å². The minimum absolute atomic E-state index is 0.160. The fourth-order valence-corrected chi connectivity index (χ4v) is 2.18. The zero-order valence-corrected chi connectivity index (χ0v) is 13.8. The summed E-state index contributed by atoms with van der Waals surface area (Å²) in [6.45, 7) is 5.82. The number of aryl methyl sites for hydroxylation is 3. The SMILES string of the molecule is Cc1cc(Nc2ccc(NC(=O)c3ccc(C)c(C)c3)cn2)no1. The Labute approximate surface area is 139 Å². The molecule has 0 saturated carbocycles. The van der Waals surface area contributed by atoms with Crippen molar-refractivity contribution < 1.29 is 9.32 Å². The van der Waals surface area contributed by atoms with Crippen LogP contribution in [0.2, 0.25) is 0 Å². The van der Waals surface area contributed by atoms with Gasteiger partial charge in [0, 0.05) is 11.6 Å². The summed E-state index contributed by atoms with van der Waals surface area (Å²) in [6, 6.07) is 10.9. The smallest absolute Gasteiger partial charge is 0.255 e. The van der Waals surface area contributed by atoms with E-state index in [1.807, 2.05) is 39.0 Å². The normalized spacial score (nSPS) is 10.5. The van der Waals surface area contributed by atoms with Gasteiger partial charge in [0.05, 0.1) is 11.9 Å². The first-order valence-corrected chi connectivity index (χ1v) is 7.56. The summed E-state index contributed by atoms with van der Waals surface area (Å²) in [5.41, 5.74) is 3.49. The van der Waals surface area contributed by atoms with Crippen LogP contribution in [0, 0.1) is 20.8 Å². The van der Waals surface area contributed by atoms with Crippen molar-refractivity contribution in [1.29, 1.82) is 0 Å². The average Bonchev–Trinajstić information content (AvgIpc) is 2.97. The number of amides is 1. The Kier molecular flexibility index (Phi) is 4.29. The summed E-state index contributed by atoms with van der Waals surface area (Å²) < 4.78 is 4.98. The van der Waals surface area contributed by atoms with E-state index >= 15 is 0 Å². The van der Waals surface area contributed by atoms with E-state index in [1.54, 1.807) is 24.4 Å². The van der Waals surface area contributed by atoms with Crippen LogP contribution >= 0.6 is 0 Å². The molecule has 122 valence electrons. The molecule has 3 rings (SSSR count). The molecule has 24 heavy (non-hydrogen) atoms. The lowest BCUT2D eigenvalue weighted by atomic mass is 10.1. The van der Waals surface area contributed by atoms with Crippen molar-refractivity contribution in [3.8, 4) is 0 Å². The number of benzene rings is 1. The summed E-state index contributed by atoms with van der Waals surface area (Å²) in [4.78, 5) is 16.5. The van der Waals surface area contributed by atoms with Gasteiger partial charge < -0.3 is 15.2 Å². The topological polar surface area (TPSA) is 80.0 Å². The van der Waals surface area contributed by atoms with Crippen LogP contribution in [0.25, 0.3) is 0 Å². The van der Waals surface area contributed by atoms with Crippen molar-refractivity contribution in [2.24, 2.45) is 0 Å². The maximum absolute atomic E-state index is 12.3. The molecule has 0 aliphatic heterocycles. The van der Waals surface area contributed by atoms with Gasteiger partial charge in [-0.2, -0.15) is 0 Å². The molecule has 0 bridgehead atoms. The first-order valence-electron chi connectivity index (χ1n) is 7.56. The van der Waals surface area contributed by atoms with Crippen LogP contribution in [0.5, 0.6) is 0 Å².